The van der Waals surface area contributed by atoms with Gasteiger partial charge in [0.05, 0.1) is 6.54 Å². The van der Waals surface area contributed by atoms with Crippen LogP contribution in [0.2, 0.25) is 0 Å². The van der Waals surface area contributed by atoms with Crippen molar-refractivity contribution in [3.63, 3.8) is 0 Å². The number of hydrogen-bond donors (Lipinski definition) is 3. The highest BCUT2D eigenvalue weighted by molar-refractivity contribution is 14.0. The van der Waals surface area contributed by atoms with Crippen LogP contribution in [0.4, 0.5) is 5.69 Å². The molecule has 140 valence electrons. The molecule has 2 rings (SSSR count). The second-order valence-corrected chi connectivity index (χ2v) is 7.91. The zero-order chi connectivity index (χ0) is 17.2. The third-order valence-corrected chi connectivity index (χ3v) is 5.50. The third-order valence-electron chi connectivity index (χ3n) is 3.59. The van der Waals surface area contributed by atoms with Crippen molar-refractivity contribution in [3.05, 3.63) is 28.7 Å². The molecule has 0 aromatic heterocycles. The van der Waals surface area contributed by atoms with E-state index in [2.05, 4.69) is 36.9 Å². The maximum Gasteiger partial charge on any atom is 0.226 e. The standard InChI is InChI=1S/C17H25BrN4OS.HI/c1-2-19-17(21-12-15-4-3-11-24-15)20-10-9-16(23)22-14-7-5-13(18)6-8-14;/h5-8,15H,2-4,9-12H2,1H3,(H,22,23)(H2,19,20,21);1H. The number of rotatable bonds is 7. The maximum absolute atomic E-state index is 12.0. The van der Waals surface area contributed by atoms with Gasteiger partial charge in [-0.25, -0.2) is 0 Å². The van der Waals surface area contributed by atoms with Crippen LogP contribution in [0.5, 0.6) is 0 Å². The van der Waals surface area contributed by atoms with Crippen LogP contribution in [-0.2, 0) is 4.79 Å². The van der Waals surface area contributed by atoms with Crippen LogP contribution in [0.3, 0.4) is 0 Å². The normalized spacial score (nSPS) is 16.9. The quantitative estimate of drug-likeness (QED) is 0.279. The molecule has 1 aliphatic heterocycles. The second kappa shape index (κ2) is 12.8. The summed E-state index contributed by atoms with van der Waals surface area (Å²) in [5.41, 5.74) is 0.807. The SMILES string of the molecule is CCNC(=NCC1CCCS1)NCCC(=O)Nc1ccc(Br)cc1.I. The number of thioether (sulfide) groups is 1. The first kappa shape index (κ1) is 22.6. The van der Waals surface area contributed by atoms with Crippen molar-refractivity contribution in [2.45, 2.75) is 31.4 Å². The fourth-order valence-electron chi connectivity index (χ4n) is 2.37. The average Bonchev–Trinajstić information content (AvgIpc) is 3.08. The van der Waals surface area contributed by atoms with E-state index in [1.807, 2.05) is 43.0 Å². The smallest absolute Gasteiger partial charge is 0.226 e. The monoisotopic (exact) mass is 540 g/mol. The highest BCUT2D eigenvalue weighted by atomic mass is 127. The largest absolute Gasteiger partial charge is 0.357 e. The Morgan fingerprint density at radius 1 is 1.32 bits per heavy atom. The number of benzene rings is 1. The van der Waals surface area contributed by atoms with E-state index in [9.17, 15) is 4.79 Å². The summed E-state index contributed by atoms with van der Waals surface area (Å²) in [7, 11) is 0. The van der Waals surface area contributed by atoms with E-state index in [1.165, 1.54) is 18.6 Å². The van der Waals surface area contributed by atoms with Gasteiger partial charge in [-0.15, -0.1) is 24.0 Å². The molecule has 0 saturated carbocycles. The molecule has 0 bridgehead atoms. The van der Waals surface area contributed by atoms with E-state index in [-0.39, 0.29) is 29.9 Å². The van der Waals surface area contributed by atoms with Crippen LogP contribution < -0.4 is 16.0 Å². The molecule has 25 heavy (non-hydrogen) atoms. The molecule has 1 aliphatic rings. The summed E-state index contributed by atoms with van der Waals surface area (Å²) >= 11 is 5.38. The Bertz CT molecular complexity index is 550. The van der Waals surface area contributed by atoms with Crippen LogP contribution in [0.1, 0.15) is 26.2 Å². The Morgan fingerprint density at radius 2 is 2.08 bits per heavy atom. The summed E-state index contributed by atoms with van der Waals surface area (Å²) in [5, 5.41) is 9.99. The number of hydrogen-bond acceptors (Lipinski definition) is 3. The molecule has 0 spiro atoms. The van der Waals surface area contributed by atoms with Crippen LogP contribution in [0.15, 0.2) is 33.7 Å². The Hall–Kier alpha value is -0.480. The molecule has 1 heterocycles. The third kappa shape index (κ3) is 9.14. The molecule has 3 N–H and O–H groups in total. The van der Waals surface area contributed by atoms with E-state index in [0.717, 1.165) is 29.2 Å². The van der Waals surface area contributed by atoms with E-state index < -0.39 is 0 Å². The summed E-state index contributed by atoms with van der Waals surface area (Å²) in [6.45, 7) is 4.26. The number of nitrogens with one attached hydrogen (secondary N) is 3. The lowest BCUT2D eigenvalue weighted by Gasteiger charge is -2.12. The number of halogens is 2. The first-order valence-electron chi connectivity index (χ1n) is 8.36. The van der Waals surface area contributed by atoms with E-state index in [1.54, 1.807) is 0 Å². The summed E-state index contributed by atoms with van der Waals surface area (Å²) in [5.74, 6) is 2.04. The molecule has 1 saturated heterocycles. The highest BCUT2D eigenvalue weighted by Crippen LogP contribution is 2.25. The number of aliphatic imine (C=N–C) groups is 1. The number of anilines is 1. The van der Waals surface area contributed by atoms with Crippen molar-refractivity contribution in [1.29, 1.82) is 0 Å². The van der Waals surface area contributed by atoms with Crippen LogP contribution in [0.25, 0.3) is 0 Å². The minimum Gasteiger partial charge on any atom is -0.357 e. The van der Waals surface area contributed by atoms with Gasteiger partial charge in [-0.1, -0.05) is 15.9 Å². The van der Waals surface area contributed by atoms with Crippen molar-refractivity contribution in [2.75, 3.05) is 30.7 Å². The van der Waals surface area contributed by atoms with Crippen LogP contribution >= 0.6 is 51.7 Å². The number of amides is 1. The molecule has 1 unspecified atom stereocenters. The lowest BCUT2D eigenvalue weighted by Crippen LogP contribution is -2.39. The number of carbonyl (C=O) groups excluding carboxylic acids is 1. The average molecular weight is 541 g/mol. The summed E-state index contributed by atoms with van der Waals surface area (Å²) < 4.78 is 0.995. The molecular weight excluding hydrogens is 515 g/mol. The van der Waals surface area contributed by atoms with Crippen molar-refractivity contribution >= 4 is 69.2 Å². The fraction of sp³-hybridized carbons (Fsp3) is 0.529. The summed E-state index contributed by atoms with van der Waals surface area (Å²) in [6.07, 6.45) is 2.95. The second-order valence-electron chi connectivity index (χ2n) is 5.59. The minimum atomic E-state index is -0.00739. The van der Waals surface area contributed by atoms with Crippen LogP contribution in [-0.4, -0.2) is 42.5 Å². The zero-order valence-electron chi connectivity index (χ0n) is 14.4. The van der Waals surface area contributed by atoms with Gasteiger partial charge in [0.15, 0.2) is 5.96 Å². The van der Waals surface area contributed by atoms with Crippen molar-refractivity contribution in [3.8, 4) is 0 Å². The molecule has 1 amide bonds. The van der Waals surface area contributed by atoms with Gasteiger partial charge in [-0.05, 0) is 49.8 Å². The highest BCUT2D eigenvalue weighted by Gasteiger charge is 2.15. The lowest BCUT2D eigenvalue weighted by molar-refractivity contribution is -0.116. The van der Waals surface area contributed by atoms with E-state index >= 15 is 0 Å². The topological polar surface area (TPSA) is 65.5 Å². The maximum atomic E-state index is 12.0. The van der Waals surface area contributed by atoms with Gasteiger partial charge in [0.1, 0.15) is 0 Å². The van der Waals surface area contributed by atoms with E-state index in [4.69, 9.17) is 0 Å². The summed E-state index contributed by atoms with van der Waals surface area (Å²) in [4.78, 5) is 16.6. The molecule has 8 heteroatoms. The van der Waals surface area contributed by atoms with Gasteiger partial charge in [0.25, 0.3) is 0 Å². The Labute approximate surface area is 179 Å². The molecule has 1 aromatic rings. The number of nitrogens with zero attached hydrogens (tertiary/aromatic N) is 1. The summed E-state index contributed by atoms with van der Waals surface area (Å²) in [6, 6.07) is 7.57. The Balaban J connectivity index is 0.00000312. The molecule has 1 aromatic carbocycles. The van der Waals surface area contributed by atoms with Crippen molar-refractivity contribution in [2.24, 2.45) is 4.99 Å². The molecule has 5 nitrogen and oxygen atoms in total. The van der Waals surface area contributed by atoms with Gasteiger partial charge < -0.3 is 16.0 Å². The molecule has 1 atom stereocenters. The van der Waals surface area contributed by atoms with E-state index in [0.29, 0.717) is 18.2 Å². The zero-order valence-corrected chi connectivity index (χ0v) is 19.1. The van der Waals surface area contributed by atoms with Gasteiger partial charge in [0, 0.05) is 34.9 Å². The lowest BCUT2D eigenvalue weighted by atomic mass is 10.2. The first-order chi connectivity index (χ1) is 11.7. The molecule has 0 aliphatic carbocycles. The Morgan fingerprint density at radius 3 is 2.72 bits per heavy atom. The first-order valence-corrected chi connectivity index (χ1v) is 10.2. The predicted molar refractivity (Wildman–Crippen MR) is 122 cm³/mol. The number of guanidine groups is 1. The van der Waals surface area contributed by atoms with Gasteiger partial charge in [-0.3, -0.25) is 9.79 Å². The van der Waals surface area contributed by atoms with Crippen molar-refractivity contribution < 1.29 is 4.79 Å². The van der Waals surface area contributed by atoms with Gasteiger partial charge in [0.2, 0.25) is 5.91 Å². The van der Waals surface area contributed by atoms with Gasteiger partial charge >= 0.3 is 0 Å². The van der Waals surface area contributed by atoms with Gasteiger partial charge in [-0.2, -0.15) is 11.8 Å². The molecule has 0 radical (unpaired) electrons. The number of carbonyl (C=O) groups is 1. The Kier molecular flexibility index (Phi) is 11.6. The molecule has 1 fully saturated rings. The fourth-order valence-corrected chi connectivity index (χ4v) is 3.82. The van der Waals surface area contributed by atoms with Crippen molar-refractivity contribution in [1.82, 2.24) is 10.6 Å². The van der Waals surface area contributed by atoms with Crippen LogP contribution in [0, 0.1) is 0 Å². The minimum absolute atomic E-state index is 0. The molecular formula is C17H26BrIN4OS. The predicted octanol–water partition coefficient (Wildman–Crippen LogP) is 3.85.